The number of hydrogen-bond acceptors (Lipinski definition) is 4. The molecule has 1 aromatic carbocycles. The molecule has 2 heterocycles. The van der Waals surface area contributed by atoms with Gasteiger partial charge in [-0.15, -0.1) is 0 Å². The minimum atomic E-state index is 0.910. The molecule has 0 atom stereocenters. The summed E-state index contributed by atoms with van der Waals surface area (Å²) in [5.74, 6) is 0. The summed E-state index contributed by atoms with van der Waals surface area (Å²) in [6, 6.07) is 4.24. The molecule has 0 radical (unpaired) electrons. The SMILES string of the molecule is Cc1cc(N2CCNCC2)c2ocnc2c1. The summed E-state index contributed by atoms with van der Waals surface area (Å²) in [7, 11) is 0. The van der Waals surface area contributed by atoms with Crippen LogP contribution in [0, 0.1) is 6.92 Å². The van der Waals surface area contributed by atoms with Crippen molar-refractivity contribution in [2.24, 2.45) is 0 Å². The van der Waals surface area contributed by atoms with Crippen molar-refractivity contribution in [1.29, 1.82) is 0 Å². The van der Waals surface area contributed by atoms with E-state index in [1.165, 1.54) is 17.6 Å². The lowest BCUT2D eigenvalue weighted by Crippen LogP contribution is -2.43. The Labute approximate surface area is 94.3 Å². The fraction of sp³-hybridized carbons (Fsp3) is 0.417. The number of nitrogens with one attached hydrogen (secondary N) is 1. The highest BCUT2D eigenvalue weighted by Crippen LogP contribution is 2.28. The number of piperazine rings is 1. The molecule has 0 spiro atoms. The summed E-state index contributed by atoms with van der Waals surface area (Å²) in [6.45, 7) is 6.21. The van der Waals surface area contributed by atoms with E-state index < -0.39 is 0 Å². The quantitative estimate of drug-likeness (QED) is 0.786. The maximum Gasteiger partial charge on any atom is 0.182 e. The number of fused-ring (bicyclic) bond motifs is 1. The number of benzene rings is 1. The van der Waals surface area contributed by atoms with E-state index in [1.807, 2.05) is 0 Å². The highest BCUT2D eigenvalue weighted by Gasteiger charge is 2.15. The first-order valence-corrected chi connectivity index (χ1v) is 5.64. The number of aryl methyl sites for hydroxylation is 1. The van der Waals surface area contributed by atoms with Gasteiger partial charge in [0.1, 0.15) is 5.52 Å². The Kier molecular flexibility index (Phi) is 2.29. The van der Waals surface area contributed by atoms with Gasteiger partial charge in [0.25, 0.3) is 0 Å². The average molecular weight is 217 g/mol. The van der Waals surface area contributed by atoms with Gasteiger partial charge in [0.05, 0.1) is 5.69 Å². The van der Waals surface area contributed by atoms with E-state index in [0.29, 0.717) is 0 Å². The van der Waals surface area contributed by atoms with Crippen molar-refractivity contribution in [3.63, 3.8) is 0 Å². The van der Waals surface area contributed by atoms with Gasteiger partial charge in [-0.2, -0.15) is 0 Å². The molecule has 84 valence electrons. The molecule has 3 rings (SSSR count). The summed E-state index contributed by atoms with van der Waals surface area (Å²) < 4.78 is 5.48. The topological polar surface area (TPSA) is 41.3 Å². The number of anilines is 1. The summed E-state index contributed by atoms with van der Waals surface area (Å²) >= 11 is 0. The van der Waals surface area contributed by atoms with Gasteiger partial charge in [-0.05, 0) is 24.6 Å². The summed E-state index contributed by atoms with van der Waals surface area (Å²) in [5.41, 5.74) is 4.27. The van der Waals surface area contributed by atoms with Crippen LogP contribution in [0.15, 0.2) is 22.9 Å². The molecule has 1 fully saturated rings. The van der Waals surface area contributed by atoms with Crippen LogP contribution in [-0.2, 0) is 0 Å². The van der Waals surface area contributed by atoms with Gasteiger partial charge in [0.15, 0.2) is 12.0 Å². The molecule has 1 aromatic heterocycles. The Balaban J connectivity index is 2.09. The van der Waals surface area contributed by atoms with Gasteiger partial charge in [0.2, 0.25) is 0 Å². The molecule has 4 nitrogen and oxygen atoms in total. The van der Waals surface area contributed by atoms with Crippen LogP contribution in [0.3, 0.4) is 0 Å². The van der Waals surface area contributed by atoms with Crippen molar-refractivity contribution in [3.8, 4) is 0 Å². The highest BCUT2D eigenvalue weighted by molar-refractivity contribution is 5.87. The second-order valence-electron chi connectivity index (χ2n) is 4.22. The van der Waals surface area contributed by atoms with E-state index in [-0.39, 0.29) is 0 Å². The molecule has 1 aliphatic heterocycles. The smallest absolute Gasteiger partial charge is 0.182 e. The zero-order valence-electron chi connectivity index (χ0n) is 9.36. The molecule has 0 amide bonds. The molecule has 4 heteroatoms. The van der Waals surface area contributed by atoms with Crippen LogP contribution in [0.2, 0.25) is 0 Å². The lowest BCUT2D eigenvalue weighted by Gasteiger charge is -2.29. The standard InChI is InChI=1S/C12H15N3O/c1-9-6-10-12(16-8-14-10)11(7-9)15-4-2-13-3-5-15/h6-8,13H,2-5H2,1H3. The van der Waals surface area contributed by atoms with Gasteiger partial charge in [0, 0.05) is 26.2 Å². The summed E-state index contributed by atoms with van der Waals surface area (Å²) in [6.07, 6.45) is 1.52. The summed E-state index contributed by atoms with van der Waals surface area (Å²) in [4.78, 5) is 6.58. The first-order valence-electron chi connectivity index (χ1n) is 5.64. The van der Waals surface area contributed by atoms with Crippen molar-refractivity contribution in [3.05, 3.63) is 24.1 Å². The molecular formula is C12H15N3O. The zero-order valence-corrected chi connectivity index (χ0v) is 9.36. The third-order valence-electron chi connectivity index (χ3n) is 3.01. The monoisotopic (exact) mass is 217 g/mol. The highest BCUT2D eigenvalue weighted by atomic mass is 16.3. The lowest BCUT2D eigenvalue weighted by molar-refractivity contribution is 0.575. The van der Waals surface area contributed by atoms with Crippen LogP contribution < -0.4 is 10.2 Å². The Morgan fingerprint density at radius 1 is 1.31 bits per heavy atom. The number of aromatic nitrogens is 1. The van der Waals surface area contributed by atoms with E-state index in [9.17, 15) is 0 Å². The van der Waals surface area contributed by atoms with Crippen molar-refractivity contribution >= 4 is 16.8 Å². The number of rotatable bonds is 1. The number of hydrogen-bond donors (Lipinski definition) is 1. The Morgan fingerprint density at radius 3 is 2.94 bits per heavy atom. The first-order chi connectivity index (χ1) is 7.84. The predicted molar refractivity (Wildman–Crippen MR) is 63.8 cm³/mol. The van der Waals surface area contributed by atoms with Gasteiger partial charge in [-0.1, -0.05) is 0 Å². The fourth-order valence-corrected chi connectivity index (χ4v) is 2.23. The third kappa shape index (κ3) is 1.55. The van der Waals surface area contributed by atoms with Crippen LogP contribution in [-0.4, -0.2) is 31.2 Å². The van der Waals surface area contributed by atoms with Crippen LogP contribution in [0.1, 0.15) is 5.56 Å². The van der Waals surface area contributed by atoms with E-state index in [4.69, 9.17) is 4.42 Å². The molecule has 1 saturated heterocycles. The molecule has 16 heavy (non-hydrogen) atoms. The van der Waals surface area contributed by atoms with Crippen LogP contribution in [0.5, 0.6) is 0 Å². The van der Waals surface area contributed by atoms with Gasteiger partial charge in [-0.3, -0.25) is 0 Å². The maximum atomic E-state index is 5.48. The summed E-state index contributed by atoms with van der Waals surface area (Å²) in [5, 5.41) is 3.35. The lowest BCUT2D eigenvalue weighted by atomic mass is 10.1. The third-order valence-corrected chi connectivity index (χ3v) is 3.01. The number of oxazole rings is 1. The van der Waals surface area contributed by atoms with Gasteiger partial charge >= 0.3 is 0 Å². The average Bonchev–Trinajstić information content (AvgIpc) is 2.77. The van der Waals surface area contributed by atoms with Crippen LogP contribution >= 0.6 is 0 Å². The Bertz CT molecular complexity index is 500. The largest absolute Gasteiger partial charge is 0.441 e. The van der Waals surface area contributed by atoms with E-state index in [1.54, 1.807) is 0 Å². The second-order valence-corrected chi connectivity index (χ2v) is 4.22. The van der Waals surface area contributed by atoms with E-state index in [0.717, 1.165) is 37.3 Å². The van der Waals surface area contributed by atoms with Crippen molar-refractivity contribution < 1.29 is 4.42 Å². The van der Waals surface area contributed by atoms with Crippen LogP contribution in [0.4, 0.5) is 5.69 Å². The molecule has 1 N–H and O–H groups in total. The normalized spacial score (nSPS) is 16.9. The van der Waals surface area contributed by atoms with Crippen molar-refractivity contribution in [2.45, 2.75) is 6.92 Å². The maximum absolute atomic E-state index is 5.48. The van der Waals surface area contributed by atoms with E-state index >= 15 is 0 Å². The second kappa shape index (κ2) is 3.79. The number of nitrogens with zero attached hydrogens (tertiary/aromatic N) is 2. The fourth-order valence-electron chi connectivity index (χ4n) is 2.23. The van der Waals surface area contributed by atoms with E-state index in [2.05, 4.69) is 34.3 Å². The van der Waals surface area contributed by atoms with Gasteiger partial charge in [-0.25, -0.2) is 4.98 Å². The molecule has 0 saturated carbocycles. The molecule has 0 aliphatic carbocycles. The van der Waals surface area contributed by atoms with Crippen molar-refractivity contribution in [1.82, 2.24) is 10.3 Å². The van der Waals surface area contributed by atoms with Crippen molar-refractivity contribution in [2.75, 3.05) is 31.1 Å². The van der Waals surface area contributed by atoms with Crippen LogP contribution in [0.25, 0.3) is 11.1 Å². The Morgan fingerprint density at radius 2 is 2.12 bits per heavy atom. The molecule has 2 aromatic rings. The zero-order chi connectivity index (χ0) is 11.0. The Hall–Kier alpha value is -1.55. The molecular weight excluding hydrogens is 202 g/mol. The molecule has 0 unspecified atom stereocenters. The first kappa shape index (κ1) is 9.66. The minimum Gasteiger partial charge on any atom is -0.441 e. The molecule has 0 bridgehead atoms. The minimum absolute atomic E-state index is 0.910. The molecule has 1 aliphatic rings. The van der Waals surface area contributed by atoms with Gasteiger partial charge < -0.3 is 14.6 Å². The predicted octanol–water partition coefficient (Wildman–Crippen LogP) is 1.55.